The highest BCUT2D eigenvalue weighted by atomic mass is 16.5. The molecule has 0 aliphatic rings. The van der Waals surface area contributed by atoms with Gasteiger partial charge in [-0.05, 0) is 6.92 Å². The second-order valence-electron chi connectivity index (χ2n) is 2.71. The summed E-state index contributed by atoms with van der Waals surface area (Å²) in [5, 5.41) is 3.91. The number of esters is 1. The number of hydrogen-bond donors (Lipinski definition) is 1. The lowest BCUT2D eigenvalue weighted by Crippen LogP contribution is -2.41. The number of ether oxygens (including phenoxy) is 1. The molecule has 0 aliphatic carbocycles. The molecule has 1 heterocycles. The van der Waals surface area contributed by atoms with Crippen molar-refractivity contribution in [3.63, 3.8) is 0 Å². The van der Waals surface area contributed by atoms with Crippen molar-refractivity contribution in [3.8, 4) is 0 Å². The number of carbonyl (C=O) groups is 1. The van der Waals surface area contributed by atoms with E-state index >= 15 is 0 Å². The van der Waals surface area contributed by atoms with Gasteiger partial charge in [0.15, 0.2) is 0 Å². The van der Waals surface area contributed by atoms with Gasteiger partial charge in [-0.1, -0.05) is 0 Å². The SMILES string of the molecule is CCOC(=O)c1cn[n+](C=NC)c(N)c1. The van der Waals surface area contributed by atoms with Gasteiger partial charge in [0.25, 0.3) is 0 Å². The zero-order valence-corrected chi connectivity index (χ0v) is 8.67. The van der Waals surface area contributed by atoms with Crippen LogP contribution in [-0.2, 0) is 4.74 Å². The number of aromatic nitrogens is 2. The van der Waals surface area contributed by atoms with Gasteiger partial charge >= 0.3 is 5.97 Å². The van der Waals surface area contributed by atoms with Crippen molar-refractivity contribution in [3.05, 3.63) is 17.8 Å². The third-order valence-electron chi connectivity index (χ3n) is 1.63. The van der Waals surface area contributed by atoms with Crippen molar-refractivity contribution in [2.24, 2.45) is 4.99 Å². The van der Waals surface area contributed by atoms with Crippen LogP contribution in [0.15, 0.2) is 17.3 Å². The largest absolute Gasteiger partial charge is 0.462 e. The fourth-order valence-electron chi connectivity index (χ4n) is 0.986. The quantitative estimate of drug-likeness (QED) is 0.319. The molecule has 0 saturated heterocycles. The highest BCUT2D eigenvalue weighted by molar-refractivity contribution is 5.89. The average molecular weight is 209 g/mol. The Balaban J connectivity index is 2.95. The van der Waals surface area contributed by atoms with E-state index in [1.54, 1.807) is 14.0 Å². The van der Waals surface area contributed by atoms with Crippen LogP contribution in [0.4, 0.5) is 5.82 Å². The van der Waals surface area contributed by atoms with Crippen LogP contribution in [0.5, 0.6) is 0 Å². The normalized spacial score (nSPS) is 10.5. The van der Waals surface area contributed by atoms with E-state index in [-0.39, 0.29) is 0 Å². The van der Waals surface area contributed by atoms with Crippen LogP contribution in [0.2, 0.25) is 0 Å². The predicted molar refractivity (Wildman–Crippen MR) is 54.6 cm³/mol. The molecule has 0 bridgehead atoms. The van der Waals surface area contributed by atoms with Gasteiger partial charge in [-0.25, -0.2) is 4.79 Å². The summed E-state index contributed by atoms with van der Waals surface area (Å²) < 4.78 is 6.17. The number of carbonyl (C=O) groups excluding carboxylic acids is 1. The fraction of sp³-hybridized carbons (Fsp3) is 0.333. The molecule has 6 heteroatoms. The summed E-state index contributed by atoms with van der Waals surface area (Å²) in [6.45, 7) is 2.06. The lowest BCUT2D eigenvalue weighted by molar-refractivity contribution is -0.598. The van der Waals surface area contributed by atoms with Crippen molar-refractivity contribution in [2.45, 2.75) is 6.92 Å². The molecule has 0 atom stereocenters. The van der Waals surface area contributed by atoms with Crippen LogP contribution in [-0.4, -0.2) is 31.1 Å². The fourth-order valence-corrected chi connectivity index (χ4v) is 0.986. The van der Waals surface area contributed by atoms with Gasteiger partial charge in [0, 0.05) is 6.07 Å². The first kappa shape index (κ1) is 11.1. The van der Waals surface area contributed by atoms with Crippen LogP contribution in [0.3, 0.4) is 0 Å². The molecule has 0 aromatic carbocycles. The molecule has 0 fully saturated rings. The van der Waals surface area contributed by atoms with Crippen molar-refractivity contribution >= 4 is 18.1 Å². The molecule has 0 aliphatic heterocycles. The maximum Gasteiger partial charge on any atom is 0.340 e. The van der Waals surface area contributed by atoms with E-state index in [2.05, 4.69) is 10.1 Å². The second kappa shape index (κ2) is 5.04. The molecule has 80 valence electrons. The van der Waals surface area contributed by atoms with Crippen LogP contribution in [0, 0.1) is 0 Å². The Bertz CT molecular complexity index is 390. The van der Waals surface area contributed by atoms with Crippen LogP contribution in [0.25, 0.3) is 0 Å². The Morgan fingerprint density at radius 3 is 3.07 bits per heavy atom. The molecule has 2 N–H and O–H groups in total. The van der Waals surface area contributed by atoms with E-state index < -0.39 is 5.97 Å². The van der Waals surface area contributed by atoms with Crippen LogP contribution >= 0.6 is 0 Å². The van der Waals surface area contributed by atoms with E-state index in [9.17, 15) is 4.79 Å². The zero-order valence-electron chi connectivity index (χ0n) is 8.67. The molecule has 1 rings (SSSR count). The Kier molecular flexibility index (Phi) is 3.73. The van der Waals surface area contributed by atoms with Gasteiger partial charge in [-0.15, -0.1) is 9.78 Å². The van der Waals surface area contributed by atoms with E-state index in [1.807, 2.05) is 0 Å². The zero-order chi connectivity index (χ0) is 11.3. The maximum atomic E-state index is 11.3. The second-order valence-corrected chi connectivity index (χ2v) is 2.71. The van der Waals surface area contributed by atoms with Crippen molar-refractivity contribution in [2.75, 3.05) is 19.4 Å². The molecule has 1 aromatic rings. The average Bonchev–Trinajstić information content (AvgIpc) is 2.21. The van der Waals surface area contributed by atoms with Crippen molar-refractivity contribution in [1.82, 2.24) is 5.10 Å². The third kappa shape index (κ3) is 2.73. The minimum absolute atomic E-state index is 0.323. The molecule has 15 heavy (non-hydrogen) atoms. The van der Waals surface area contributed by atoms with Gasteiger partial charge in [0.2, 0.25) is 12.2 Å². The molecule has 0 saturated carbocycles. The molecule has 0 spiro atoms. The first-order valence-corrected chi connectivity index (χ1v) is 4.45. The number of nitrogens with two attached hydrogens (primary N) is 1. The summed E-state index contributed by atoms with van der Waals surface area (Å²) in [7, 11) is 1.60. The molecule has 0 unspecified atom stereocenters. The topological polar surface area (TPSA) is 81.5 Å². The first-order chi connectivity index (χ1) is 7.19. The number of hydrogen-bond acceptors (Lipinski definition) is 5. The lowest BCUT2D eigenvalue weighted by Gasteiger charge is -2.01. The number of nitrogens with zero attached hydrogens (tertiary/aromatic N) is 3. The number of aliphatic imine (C=N–C) groups is 1. The number of nitrogen functional groups attached to an aromatic ring is 1. The van der Waals surface area contributed by atoms with Gasteiger partial charge in [0.05, 0.1) is 25.4 Å². The lowest BCUT2D eigenvalue weighted by atomic mass is 10.3. The van der Waals surface area contributed by atoms with E-state index in [1.165, 1.54) is 23.3 Å². The van der Waals surface area contributed by atoms with Gasteiger partial charge in [-0.2, -0.15) is 4.99 Å². The van der Waals surface area contributed by atoms with Crippen molar-refractivity contribution in [1.29, 1.82) is 0 Å². The highest BCUT2D eigenvalue weighted by Crippen LogP contribution is 2.01. The minimum Gasteiger partial charge on any atom is -0.462 e. The summed E-state index contributed by atoms with van der Waals surface area (Å²) >= 11 is 0. The van der Waals surface area contributed by atoms with E-state index in [4.69, 9.17) is 10.5 Å². The maximum absolute atomic E-state index is 11.3. The standard InChI is InChI=1S/C9H12N4O2/c1-3-15-9(14)7-4-8(10)13(6-11-2)12-5-7/h4-6,10H,3H2,1-2H3/p+1. The summed E-state index contributed by atoms with van der Waals surface area (Å²) in [5.74, 6) is -0.108. The molecule has 1 aromatic heterocycles. The molecule has 0 amide bonds. The summed E-state index contributed by atoms with van der Waals surface area (Å²) in [4.78, 5) is 15.1. The molecular formula is C9H13N4O2+. The van der Waals surface area contributed by atoms with Gasteiger partial charge in [-0.3, -0.25) is 0 Å². The predicted octanol–water partition coefficient (Wildman–Crippen LogP) is -0.366. The van der Waals surface area contributed by atoms with Crippen LogP contribution in [0.1, 0.15) is 17.3 Å². The molecule has 0 radical (unpaired) electrons. The summed E-state index contributed by atoms with van der Waals surface area (Å²) in [5.41, 5.74) is 5.97. The number of rotatable bonds is 3. The monoisotopic (exact) mass is 209 g/mol. The van der Waals surface area contributed by atoms with Crippen LogP contribution < -0.4 is 10.4 Å². The highest BCUT2D eigenvalue weighted by Gasteiger charge is 2.11. The Hall–Kier alpha value is -1.98. The first-order valence-electron chi connectivity index (χ1n) is 4.45. The molecule has 6 nitrogen and oxygen atoms in total. The van der Waals surface area contributed by atoms with E-state index in [0.29, 0.717) is 18.0 Å². The molecular weight excluding hydrogens is 196 g/mol. The Morgan fingerprint density at radius 2 is 2.53 bits per heavy atom. The minimum atomic E-state index is -0.433. The van der Waals surface area contributed by atoms with Gasteiger partial charge < -0.3 is 10.5 Å². The summed E-state index contributed by atoms with van der Waals surface area (Å²) in [6.07, 6.45) is 2.83. The van der Waals surface area contributed by atoms with E-state index in [0.717, 1.165) is 0 Å². The Labute approximate surface area is 87.4 Å². The number of anilines is 1. The van der Waals surface area contributed by atoms with Crippen molar-refractivity contribution < 1.29 is 14.2 Å². The van der Waals surface area contributed by atoms with Gasteiger partial charge in [0.1, 0.15) is 0 Å². The third-order valence-corrected chi connectivity index (χ3v) is 1.63. The smallest absolute Gasteiger partial charge is 0.340 e. The summed E-state index contributed by atoms with van der Waals surface area (Å²) in [6, 6.07) is 1.49. The Morgan fingerprint density at radius 1 is 1.80 bits per heavy atom.